The smallest absolute Gasteiger partial charge is 0.223 e. The average Bonchev–Trinajstić information content (AvgIpc) is 3.04. The summed E-state index contributed by atoms with van der Waals surface area (Å²) >= 11 is 0. The molecule has 4 rings (SSSR count). The molecule has 6 nitrogen and oxygen atoms in total. The lowest BCUT2D eigenvalue weighted by atomic mass is 9.95. The largest absolute Gasteiger partial charge is 0.378 e. The van der Waals surface area contributed by atoms with E-state index in [2.05, 4.69) is 29.1 Å². The summed E-state index contributed by atoms with van der Waals surface area (Å²) in [6.07, 6.45) is 4.75. The van der Waals surface area contributed by atoms with Gasteiger partial charge >= 0.3 is 0 Å². The topological polar surface area (TPSA) is 53.5 Å². The number of nitrogens with one attached hydrogen (secondary N) is 1. The highest BCUT2D eigenvalue weighted by molar-refractivity contribution is 5.37. The fraction of sp³-hybridized carbons (Fsp3) is 0.778. The number of anilines is 1. The predicted molar refractivity (Wildman–Crippen MR) is 94.5 cm³/mol. The van der Waals surface area contributed by atoms with E-state index in [1.54, 1.807) is 0 Å². The summed E-state index contributed by atoms with van der Waals surface area (Å²) in [6.45, 7) is 8.19. The second-order valence-electron chi connectivity index (χ2n) is 7.46. The Bertz CT molecular complexity index is 585. The lowest BCUT2D eigenvalue weighted by Crippen LogP contribution is -2.54. The highest BCUT2D eigenvalue weighted by Gasteiger charge is 2.35. The molecule has 2 aliphatic heterocycles. The molecule has 1 aliphatic carbocycles. The molecule has 1 aromatic rings. The normalized spacial score (nSPS) is 28.8. The van der Waals surface area contributed by atoms with Gasteiger partial charge in [0.1, 0.15) is 0 Å². The van der Waals surface area contributed by atoms with Crippen LogP contribution in [0.5, 0.6) is 0 Å². The summed E-state index contributed by atoms with van der Waals surface area (Å²) in [5.74, 6) is 0.794. The van der Waals surface area contributed by atoms with Crippen LogP contribution in [0.1, 0.15) is 29.8 Å². The zero-order valence-electron chi connectivity index (χ0n) is 14.9. The summed E-state index contributed by atoms with van der Waals surface area (Å²) in [5, 5.41) is 3.59. The number of ether oxygens (including phenoxy) is 1. The van der Waals surface area contributed by atoms with Gasteiger partial charge in [0.25, 0.3) is 0 Å². The molecule has 0 spiro atoms. The van der Waals surface area contributed by atoms with E-state index < -0.39 is 0 Å². The second kappa shape index (κ2) is 6.94. The summed E-state index contributed by atoms with van der Waals surface area (Å²) in [6, 6.07) is 0.716. The van der Waals surface area contributed by atoms with Gasteiger partial charge in [-0.25, -0.2) is 9.97 Å². The van der Waals surface area contributed by atoms with Crippen LogP contribution in [0.4, 0.5) is 5.95 Å². The first-order valence-electron chi connectivity index (χ1n) is 9.34. The lowest BCUT2D eigenvalue weighted by molar-refractivity contribution is 0.0948. The van der Waals surface area contributed by atoms with E-state index in [1.807, 2.05) is 0 Å². The third-order valence-corrected chi connectivity index (χ3v) is 5.76. The number of rotatable bonds is 3. The first kappa shape index (κ1) is 16.2. The molecule has 132 valence electrons. The molecule has 0 amide bonds. The van der Waals surface area contributed by atoms with Gasteiger partial charge < -0.3 is 15.0 Å². The zero-order valence-corrected chi connectivity index (χ0v) is 14.9. The Kier molecular flexibility index (Phi) is 4.70. The summed E-state index contributed by atoms with van der Waals surface area (Å²) in [5.41, 5.74) is 3.79. The zero-order chi connectivity index (χ0) is 16.5. The maximum absolute atomic E-state index is 5.79. The minimum atomic E-state index is 0.287. The molecule has 3 aliphatic rings. The number of nitrogens with zero attached hydrogens (tertiary/aromatic N) is 4. The van der Waals surface area contributed by atoms with Crippen LogP contribution in [0.2, 0.25) is 0 Å². The summed E-state index contributed by atoms with van der Waals surface area (Å²) < 4.78 is 5.79. The van der Waals surface area contributed by atoms with Crippen molar-refractivity contribution in [2.75, 3.05) is 51.8 Å². The van der Waals surface area contributed by atoms with Crippen LogP contribution >= 0.6 is 0 Å². The van der Waals surface area contributed by atoms with Crippen LogP contribution in [-0.4, -0.2) is 78.3 Å². The van der Waals surface area contributed by atoms with E-state index in [1.165, 1.54) is 24.1 Å². The van der Waals surface area contributed by atoms with Gasteiger partial charge in [0.05, 0.1) is 25.3 Å². The second-order valence-corrected chi connectivity index (χ2v) is 7.46. The monoisotopic (exact) mass is 331 g/mol. The SMILES string of the molecule is Cc1nc(NC2COCC2N2CCN(C)CC2)nc2c1CCCC2. The number of likely N-dealkylation sites (N-methyl/N-ethyl adjacent to an activating group) is 1. The molecule has 2 fully saturated rings. The first-order chi connectivity index (χ1) is 11.7. The average molecular weight is 331 g/mol. The van der Waals surface area contributed by atoms with Gasteiger partial charge in [-0.15, -0.1) is 0 Å². The highest BCUT2D eigenvalue weighted by Crippen LogP contribution is 2.24. The van der Waals surface area contributed by atoms with Gasteiger partial charge in [0.15, 0.2) is 0 Å². The van der Waals surface area contributed by atoms with E-state index in [9.17, 15) is 0 Å². The molecule has 0 saturated carbocycles. The van der Waals surface area contributed by atoms with Gasteiger partial charge in [0, 0.05) is 37.6 Å². The van der Waals surface area contributed by atoms with E-state index in [0.717, 1.165) is 63.9 Å². The van der Waals surface area contributed by atoms with E-state index in [0.29, 0.717) is 6.04 Å². The molecule has 0 aromatic carbocycles. The van der Waals surface area contributed by atoms with Gasteiger partial charge in [-0.3, -0.25) is 4.90 Å². The van der Waals surface area contributed by atoms with Crippen LogP contribution < -0.4 is 5.32 Å². The number of aryl methyl sites for hydroxylation is 2. The molecule has 2 unspecified atom stereocenters. The molecule has 3 heterocycles. The molecule has 24 heavy (non-hydrogen) atoms. The maximum Gasteiger partial charge on any atom is 0.223 e. The summed E-state index contributed by atoms with van der Waals surface area (Å²) in [4.78, 5) is 14.5. The number of aromatic nitrogens is 2. The first-order valence-corrected chi connectivity index (χ1v) is 9.34. The van der Waals surface area contributed by atoms with Crippen molar-refractivity contribution in [1.29, 1.82) is 0 Å². The lowest BCUT2D eigenvalue weighted by Gasteiger charge is -2.38. The third kappa shape index (κ3) is 3.27. The molecular weight excluding hydrogens is 302 g/mol. The van der Waals surface area contributed by atoms with Crippen molar-refractivity contribution in [3.63, 3.8) is 0 Å². The Morgan fingerprint density at radius 1 is 1.04 bits per heavy atom. The molecule has 1 N–H and O–H groups in total. The van der Waals surface area contributed by atoms with Crippen molar-refractivity contribution < 1.29 is 4.74 Å². The van der Waals surface area contributed by atoms with Crippen LogP contribution in [-0.2, 0) is 17.6 Å². The van der Waals surface area contributed by atoms with E-state index >= 15 is 0 Å². The number of hydrogen-bond donors (Lipinski definition) is 1. The number of piperazine rings is 1. The molecule has 1 aromatic heterocycles. The Morgan fingerprint density at radius 2 is 1.83 bits per heavy atom. The van der Waals surface area contributed by atoms with Crippen molar-refractivity contribution in [2.45, 2.75) is 44.7 Å². The van der Waals surface area contributed by atoms with Crippen molar-refractivity contribution >= 4 is 5.95 Å². The maximum atomic E-state index is 5.79. The molecule has 2 saturated heterocycles. The van der Waals surface area contributed by atoms with E-state index in [-0.39, 0.29) is 6.04 Å². The third-order valence-electron chi connectivity index (χ3n) is 5.76. The molecule has 6 heteroatoms. The van der Waals surface area contributed by atoms with Crippen molar-refractivity contribution in [1.82, 2.24) is 19.8 Å². The van der Waals surface area contributed by atoms with Crippen molar-refractivity contribution in [2.24, 2.45) is 0 Å². The van der Waals surface area contributed by atoms with Crippen LogP contribution in [0.3, 0.4) is 0 Å². The molecule has 2 atom stereocenters. The molecular formula is C18H29N5O. The van der Waals surface area contributed by atoms with Gasteiger partial charge in [0.2, 0.25) is 5.95 Å². The number of fused-ring (bicyclic) bond motifs is 1. The Hall–Kier alpha value is -1.24. The summed E-state index contributed by atoms with van der Waals surface area (Å²) in [7, 11) is 2.20. The Morgan fingerprint density at radius 3 is 2.67 bits per heavy atom. The van der Waals surface area contributed by atoms with Crippen molar-refractivity contribution in [3.8, 4) is 0 Å². The van der Waals surface area contributed by atoms with Gasteiger partial charge in [-0.05, 0) is 45.2 Å². The van der Waals surface area contributed by atoms with Crippen molar-refractivity contribution in [3.05, 3.63) is 17.0 Å². The quantitative estimate of drug-likeness (QED) is 0.895. The Labute approximate surface area is 144 Å². The highest BCUT2D eigenvalue weighted by atomic mass is 16.5. The number of hydrogen-bond acceptors (Lipinski definition) is 6. The minimum Gasteiger partial charge on any atom is -0.378 e. The molecule has 0 bridgehead atoms. The fourth-order valence-electron chi connectivity index (χ4n) is 4.21. The van der Waals surface area contributed by atoms with Crippen LogP contribution in [0.15, 0.2) is 0 Å². The van der Waals surface area contributed by atoms with Crippen LogP contribution in [0.25, 0.3) is 0 Å². The van der Waals surface area contributed by atoms with E-state index in [4.69, 9.17) is 14.7 Å². The van der Waals surface area contributed by atoms with Gasteiger partial charge in [-0.2, -0.15) is 0 Å². The van der Waals surface area contributed by atoms with Crippen LogP contribution in [0, 0.1) is 6.92 Å². The fourth-order valence-corrected chi connectivity index (χ4v) is 4.21. The standard InChI is InChI=1S/C18H29N5O/c1-13-14-5-3-4-6-15(14)20-18(19-13)21-16-11-24-12-17(16)23-9-7-22(2)8-10-23/h16-17H,3-12H2,1-2H3,(H,19,20,21). The predicted octanol–water partition coefficient (Wildman–Crippen LogP) is 1.09. The van der Waals surface area contributed by atoms with Gasteiger partial charge in [-0.1, -0.05) is 0 Å². The molecule has 0 radical (unpaired) electrons. The minimum absolute atomic E-state index is 0.287. The Balaban J connectivity index is 1.47.